The Morgan fingerprint density at radius 3 is 2.76 bits per heavy atom. The minimum atomic E-state index is -0.303. The third-order valence-electron chi connectivity index (χ3n) is 3.78. The number of hydrogen-bond donors (Lipinski definition) is 1. The number of hydrogen-bond acceptors (Lipinski definition) is 4. The van der Waals surface area contributed by atoms with E-state index in [1.807, 2.05) is 20.0 Å². The molecule has 2 amide bonds. The highest BCUT2D eigenvalue weighted by Gasteiger charge is 2.20. The summed E-state index contributed by atoms with van der Waals surface area (Å²) in [5.41, 5.74) is 1.41. The molecule has 0 radical (unpaired) electrons. The summed E-state index contributed by atoms with van der Waals surface area (Å²) in [5, 5.41) is 8.45. The Hall–Kier alpha value is -2.38. The highest BCUT2D eigenvalue weighted by molar-refractivity contribution is 7.20. The number of amides is 2. The minimum absolute atomic E-state index is 0.0600. The number of halogens is 1. The highest BCUT2D eigenvalue weighted by Crippen LogP contribution is 2.28. The second-order valence-electron chi connectivity index (χ2n) is 5.73. The molecular formula is C17H17ClN4O2S. The fourth-order valence-corrected chi connectivity index (χ4v) is 3.84. The van der Waals surface area contributed by atoms with E-state index in [-0.39, 0.29) is 18.4 Å². The van der Waals surface area contributed by atoms with Gasteiger partial charge in [0.25, 0.3) is 5.91 Å². The highest BCUT2D eigenvalue weighted by atomic mass is 35.5. The molecule has 0 saturated heterocycles. The number of aromatic nitrogens is 2. The number of carbonyl (C=O) groups is 2. The summed E-state index contributed by atoms with van der Waals surface area (Å²) in [7, 11) is 3.45. The van der Waals surface area contributed by atoms with Gasteiger partial charge in [0.1, 0.15) is 4.83 Å². The van der Waals surface area contributed by atoms with E-state index in [0.717, 1.165) is 15.9 Å². The second-order valence-corrected chi connectivity index (χ2v) is 7.17. The van der Waals surface area contributed by atoms with Gasteiger partial charge in [-0.15, -0.1) is 11.3 Å². The molecule has 0 bridgehead atoms. The van der Waals surface area contributed by atoms with Gasteiger partial charge in [0, 0.05) is 19.5 Å². The smallest absolute Gasteiger partial charge is 0.264 e. The van der Waals surface area contributed by atoms with Crippen LogP contribution in [0, 0.1) is 6.92 Å². The Balaban J connectivity index is 1.70. The van der Waals surface area contributed by atoms with E-state index in [1.165, 1.54) is 16.2 Å². The summed E-state index contributed by atoms with van der Waals surface area (Å²) >= 11 is 7.39. The topological polar surface area (TPSA) is 67.2 Å². The largest absolute Gasteiger partial charge is 0.332 e. The lowest BCUT2D eigenvalue weighted by molar-refractivity contribution is -0.116. The van der Waals surface area contributed by atoms with E-state index in [4.69, 9.17) is 11.6 Å². The number of anilines is 1. The fraction of sp³-hybridized carbons (Fsp3) is 0.235. The number of para-hydroxylation sites is 1. The van der Waals surface area contributed by atoms with Gasteiger partial charge in [0.2, 0.25) is 5.91 Å². The molecule has 3 rings (SSSR count). The van der Waals surface area contributed by atoms with Crippen molar-refractivity contribution in [1.82, 2.24) is 14.7 Å². The number of fused-ring (bicyclic) bond motifs is 1. The third kappa shape index (κ3) is 3.52. The zero-order valence-electron chi connectivity index (χ0n) is 14.0. The zero-order valence-corrected chi connectivity index (χ0v) is 15.6. The number of nitrogens with one attached hydrogen (secondary N) is 1. The van der Waals surface area contributed by atoms with Crippen LogP contribution < -0.4 is 5.32 Å². The van der Waals surface area contributed by atoms with Crippen molar-refractivity contribution in [2.24, 2.45) is 7.05 Å². The van der Waals surface area contributed by atoms with E-state index in [9.17, 15) is 9.59 Å². The SMILES string of the molecule is Cc1nn(C)c2sc(C(=O)N(C)CC(=O)Nc3ccccc3Cl)cc12. The number of rotatable bonds is 4. The molecule has 8 heteroatoms. The monoisotopic (exact) mass is 376 g/mol. The van der Waals surface area contributed by atoms with Crippen molar-refractivity contribution in [1.29, 1.82) is 0 Å². The van der Waals surface area contributed by atoms with Crippen molar-refractivity contribution in [2.45, 2.75) is 6.92 Å². The Labute approximate surface area is 154 Å². The number of thiophene rings is 1. The van der Waals surface area contributed by atoms with E-state index in [0.29, 0.717) is 15.6 Å². The summed E-state index contributed by atoms with van der Waals surface area (Å²) in [6.07, 6.45) is 0. The van der Waals surface area contributed by atoms with Crippen LogP contribution in [0.25, 0.3) is 10.2 Å². The van der Waals surface area contributed by atoms with E-state index < -0.39 is 0 Å². The van der Waals surface area contributed by atoms with Gasteiger partial charge in [0.05, 0.1) is 27.8 Å². The normalized spacial score (nSPS) is 10.9. The van der Waals surface area contributed by atoms with Crippen LogP contribution in [0.3, 0.4) is 0 Å². The molecule has 130 valence electrons. The molecule has 1 aromatic carbocycles. The molecule has 3 aromatic rings. The molecule has 0 atom stereocenters. The lowest BCUT2D eigenvalue weighted by Crippen LogP contribution is -2.34. The predicted molar refractivity (Wildman–Crippen MR) is 100 cm³/mol. The van der Waals surface area contributed by atoms with Gasteiger partial charge in [-0.1, -0.05) is 23.7 Å². The first kappa shape index (κ1) is 17.4. The summed E-state index contributed by atoms with van der Waals surface area (Å²) in [6.45, 7) is 1.85. The van der Waals surface area contributed by atoms with Crippen molar-refractivity contribution in [3.8, 4) is 0 Å². The number of carbonyl (C=O) groups excluding carboxylic acids is 2. The molecule has 0 unspecified atom stereocenters. The maximum absolute atomic E-state index is 12.6. The Morgan fingerprint density at radius 2 is 2.08 bits per heavy atom. The number of nitrogens with zero attached hydrogens (tertiary/aromatic N) is 3. The first-order valence-electron chi connectivity index (χ1n) is 7.60. The van der Waals surface area contributed by atoms with E-state index in [2.05, 4.69) is 10.4 Å². The average molecular weight is 377 g/mol. The van der Waals surface area contributed by atoms with Crippen LogP contribution in [-0.4, -0.2) is 40.1 Å². The van der Waals surface area contributed by atoms with Crippen LogP contribution in [0.15, 0.2) is 30.3 Å². The molecule has 0 aliphatic rings. The van der Waals surface area contributed by atoms with Gasteiger partial charge in [0.15, 0.2) is 0 Å². The number of benzene rings is 1. The number of likely N-dealkylation sites (N-methyl/N-ethyl adjacent to an activating group) is 1. The van der Waals surface area contributed by atoms with Crippen molar-refractivity contribution in [3.05, 3.63) is 45.9 Å². The molecule has 25 heavy (non-hydrogen) atoms. The van der Waals surface area contributed by atoms with Gasteiger partial charge < -0.3 is 10.2 Å². The van der Waals surface area contributed by atoms with Crippen LogP contribution in [0.1, 0.15) is 15.4 Å². The third-order valence-corrected chi connectivity index (χ3v) is 5.30. The molecule has 0 fully saturated rings. The fourth-order valence-electron chi connectivity index (χ4n) is 2.54. The lowest BCUT2D eigenvalue weighted by Gasteiger charge is -2.16. The van der Waals surface area contributed by atoms with Gasteiger partial charge in [-0.05, 0) is 25.1 Å². The first-order chi connectivity index (χ1) is 11.9. The van der Waals surface area contributed by atoms with E-state index >= 15 is 0 Å². The quantitative estimate of drug-likeness (QED) is 0.759. The Kier molecular flexibility index (Phi) is 4.78. The lowest BCUT2D eigenvalue weighted by atomic mass is 10.3. The number of aryl methyl sites for hydroxylation is 2. The maximum Gasteiger partial charge on any atom is 0.264 e. The molecule has 2 heterocycles. The zero-order chi connectivity index (χ0) is 18.1. The van der Waals surface area contributed by atoms with Gasteiger partial charge in [-0.2, -0.15) is 5.10 Å². The molecule has 2 aromatic heterocycles. The average Bonchev–Trinajstić information content (AvgIpc) is 3.11. The van der Waals surface area contributed by atoms with Crippen LogP contribution in [0.4, 0.5) is 5.69 Å². The minimum Gasteiger partial charge on any atom is -0.332 e. The summed E-state index contributed by atoms with van der Waals surface area (Å²) < 4.78 is 1.76. The Morgan fingerprint density at radius 1 is 1.36 bits per heavy atom. The van der Waals surface area contributed by atoms with Gasteiger partial charge in [-0.25, -0.2) is 0 Å². The molecule has 0 aliphatic heterocycles. The van der Waals surface area contributed by atoms with Crippen LogP contribution in [0.2, 0.25) is 5.02 Å². The van der Waals surface area contributed by atoms with Crippen molar-refractivity contribution in [2.75, 3.05) is 18.9 Å². The van der Waals surface area contributed by atoms with Crippen molar-refractivity contribution >= 4 is 50.7 Å². The first-order valence-corrected chi connectivity index (χ1v) is 8.79. The molecule has 0 aliphatic carbocycles. The summed E-state index contributed by atoms with van der Waals surface area (Å²) in [6, 6.07) is 8.80. The van der Waals surface area contributed by atoms with Crippen LogP contribution in [-0.2, 0) is 11.8 Å². The predicted octanol–water partition coefficient (Wildman–Crippen LogP) is 3.31. The van der Waals surface area contributed by atoms with E-state index in [1.54, 1.807) is 36.0 Å². The molecule has 6 nitrogen and oxygen atoms in total. The molecule has 1 N–H and O–H groups in total. The van der Waals surface area contributed by atoms with Crippen LogP contribution >= 0.6 is 22.9 Å². The summed E-state index contributed by atoms with van der Waals surface area (Å²) in [5.74, 6) is -0.502. The van der Waals surface area contributed by atoms with Crippen LogP contribution in [0.5, 0.6) is 0 Å². The second kappa shape index (κ2) is 6.85. The van der Waals surface area contributed by atoms with Gasteiger partial charge in [-0.3, -0.25) is 14.3 Å². The maximum atomic E-state index is 12.6. The molecule has 0 saturated carbocycles. The molecule has 0 spiro atoms. The standard InChI is InChI=1S/C17H17ClN4O2S/c1-10-11-8-14(25-17(11)22(3)20-10)16(24)21(2)9-15(23)19-13-7-5-4-6-12(13)18/h4-8H,9H2,1-3H3,(H,19,23). The summed E-state index contributed by atoms with van der Waals surface area (Å²) in [4.78, 5) is 27.7. The van der Waals surface area contributed by atoms with Crippen molar-refractivity contribution < 1.29 is 9.59 Å². The Bertz CT molecular complexity index is 928. The van der Waals surface area contributed by atoms with Gasteiger partial charge >= 0.3 is 0 Å². The molecular weight excluding hydrogens is 360 g/mol. The van der Waals surface area contributed by atoms with Crippen molar-refractivity contribution in [3.63, 3.8) is 0 Å².